The molecule has 0 amide bonds. The van der Waals surface area contributed by atoms with Crippen molar-refractivity contribution < 1.29 is 80.4 Å². The number of unbranched alkanes of at least 4 members (excludes halogenated alkanes) is 6. The minimum Gasteiger partial charge on any atom is -0.305 e. The first-order chi connectivity index (χ1) is 66.1. The van der Waals surface area contributed by atoms with Gasteiger partial charge in [-0.15, -0.1) is 287 Å². The topological polar surface area (TPSA) is 103 Å². The zero-order valence-corrected chi connectivity index (χ0v) is 100. The molecule has 1 aliphatic carbocycles. The molecule has 8 aromatic heterocycles. The maximum atomic E-state index is 4.95. The molecule has 0 saturated heterocycles. The van der Waals surface area contributed by atoms with Crippen molar-refractivity contribution in [2.75, 3.05) is 0 Å². The van der Waals surface area contributed by atoms with Crippen LogP contribution in [0.4, 0.5) is 0 Å². The summed E-state index contributed by atoms with van der Waals surface area (Å²) < 4.78 is 0. The first kappa shape index (κ1) is 120. The van der Waals surface area contributed by atoms with Gasteiger partial charge in [-0.2, -0.15) is 0 Å². The molecule has 0 atom stereocenters. The van der Waals surface area contributed by atoms with Gasteiger partial charge in [0.15, 0.2) is 0 Å². The minimum atomic E-state index is -1.39. The van der Waals surface area contributed by atoms with Crippen LogP contribution >= 0.6 is 0 Å². The third-order valence-corrected chi connectivity index (χ3v) is 32.6. The molecular weight excluding hydrogens is 2490 g/mol. The second-order valence-corrected chi connectivity index (χ2v) is 59.4. The molecule has 1 aliphatic rings. The van der Waals surface area contributed by atoms with Crippen molar-refractivity contribution in [1.82, 2.24) is 39.9 Å². The molecule has 8 aromatic carbocycles. The van der Waals surface area contributed by atoms with Crippen molar-refractivity contribution in [2.45, 2.75) is 236 Å². The standard InChI is InChI=1S/C21H28NSi.C21H30NSi.C20H28NSi.C19H26NSi.4C11H8N.4Ir/c1-16-21(23(2,3)4)19(14-17-10-8-9-11-17)15-20(22-16)18-12-6-5-7-13-18;1-6-7-8-12-15-19-17(2)21(18-13-10-9-11-14-18)22-16-20(19)23(3,4)5;1-6-7-9-14-18-15-19(17-12-10-8-11-13-17)21-16(2)20(18)22(3,4)5;1-6-7-13-17-15(2)19(16-11-9-8-10-12-16)20-14-18(17)21(3,4)5;4*1-2-6-10(7-3-1)11-8-4-5-9-12-11;;;;/h5-7,12,15,17H,8-11,14H2,1-4H3;9-11,13,16H,6-8,12,15H2,1-5H3;8,10-12,15H,6-7,9,14H2,1-5H3;8-11,14H,6-7,13H2,1-5H3;4*1-6,8-9H;;;;/q8*-1;;;;. The van der Waals surface area contributed by atoms with Crippen molar-refractivity contribution in [3.8, 4) is 90.1 Å². The van der Waals surface area contributed by atoms with Crippen LogP contribution in [0.15, 0.2) is 316 Å². The van der Waals surface area contributed by atoms with Crippen LogP contribution in [0.3, 0.4) is 0 Å². The third kappa shape index (κ3) is 39.1. The van der Waals surface area contributed by atoms with E-state index in [0.29, 0.717) is 0 Å². The van der Waals surface area contributed by atoms with E-state index in [4.69, 9.17) is 19.9 Å². The summed E-state index contributed by atoms with van der Waals surface area (Å²) >= 11 is 0. The molecule has 16 heteroatoms. The molecule has 141 heavy (non-hydrogen) atoms. The van der Waals surface area contributed by atoms with E-state index in [0.717, 1.165) is 96.0 Å². The average Bonchev–Trinajstić information content (AvgIpc) is 1.74. The second kappa shape index (κ2) is 62.9. The van der Waals surface area contributed by atoms with Crippen LogP contribution in [0.2, 0.25) is 78.6 Å². The number of rotatable bonds is 26. The van der Waals surface area contributed by atoms with Crippen molar-refractivity contribution in [3.63, 3.8) is 0 Å². The van der Waals surface area contributed by atoms with E-state index >= 15 is 0 Å². The molecule has 0 N–H and O–H groups in total. The molecule has 4 radical (unpaired) electrons. The fraction of sp³-hybridized carbons (Fsp3) is 0.296. The van der Waals surface area contributed by atoms with Gasteiger partial charge in [-0.3, -0.25) is 0 Å². The summed E-state index contributed by atoms with van der Waals surface area (Å²) in [5.74, 6) is 0.875. The number of aromatic nitrogens is 8. The normalized spacial score (nSPS) is 11.4. The van der Waals surface area contributed by atoms with E-state index in [2.05, 4.69) is 269 Å². The number of aryl methyl sites for hydroxylation is 3. The Kier molecular flexibility index (Phi) is 53.6. The van der Waals surface area contributed by atoms with Gasteiger partial charge in [-0.05, 0) is 169 Å². The van der Waals surface area contributed by atoms with Gasteiger partial charge in [0.2, 0.25) is 0 Å². The Balaban J connectivity index is 0.000000249. The van der Waals surface area contributed by atoms with Gasteiger partial charge in [0, 0.05) is 129 Å². The zero-order valence-electron chi connectivity index (χ0n) is 86.5. The zero-order chi connectivity index (χ0) is 97.8. The van der Waals surface area contributed by atoms with E-state index in [1.165, 1.54) is 148 Å². The molecule has 17 rings (SSSR count). The van der Waals surface area contributed by atoms with Gasteiger partial charge < -0.3 is 39.9 Å². The molecule has 744 valence electrons. The van der Waals surface area contributed by atoms with Crippen LogP contribution < -0.4 is 20.7 Å². The molecule has 8 nitrogen and oxygen atoms in total. The van der Waals surface area contributed by atoms with Crippen LogP contribution in [-0.4, -0.2) is 72.2 Å². The number of hydrogen-bond donors (Lipinski definition) is 0. The smallest absolute Gasteiger partial charge is 0.0802 e. The van der Waals surface area contributed by atoms with Crippen molar-refractivity contribution in [3.05, 3.63) is 410 Å². The number of benzene rings is 8. The molecule has 0 aliphatic heterocycles. The molecular formula is C125H144Ir4N8Si4-8. The summed E-state index contributed by atoms with van der Waals surface area (Å²) in [6.45, 7) is 44.8. The summed E-state index contributed by atoms with van der Waals surface area (Å²) in [4.78, 5) is 36.3. The number of nitrogens with zero attached hydrogens (tertiary/aromatic N) is 8. The van der Waals surface area contributed by atoms with E-state index in [9.17, 15) is 0 Å². The summed E-state index contributed by atoms with van der Waals surface area (Å²) in [5.41, 5.74) is 28.2. The molecule has 0 unspecified atom stereocenters. The SMILES string of the molecule is CCCCCCc1c([Si](C)(C)C)cnc(-c2[c-]cccc2)c1C.CCCCCc1cc(-c2[c-]cccc2)nc(C)c1[Si](C)(C)C.CCCCc1c([Si](C)(C)C)cnc(-c2[c-]cccc2)c1C.Cc1nc(-c2[c-]cccc2)cc(CC2CCCC2)c1[Si](C)(C)C.[Ir].[Ir].[Ir].[Ir].[c-]1ccccc1-c1ccccn1.[c-]1ccccc1-c1ccccn1.[c-]1ccccc1-c1ccccn1.[c-]1ccccc1-c1ccccn1. The first-order valence-electron chi connectivity index (χ1n) is 49.6. The van der Waals surface area contributed by atoms with Gasteiger partial charge >= 0.3 is 0 Å². The van der Waals surface area contributed by atoms with Gasteiger partial charge in [-0.25, -0.2) is 0 Å². The average molecular weight is 2640 g/mol. The number of hydrogen-bond acceptors (Lipinski definition) is 8. The Morgan fingerprint density at radius 1 is 0.277 bits per heavy atom. The molecule has 16 aromatic rings. The van der Waals surface area contributed by atoms with Crippen LogP contribution in [0.5, 0.6) is 0 Å². The number of pyridine rings is 8. The summed E-state index contributed by atoms with van der Waals surface area (Å²) in [6.07, 6.45) is 33.4. The molecule has 1 fully saturated rings. The summed E-state index contributed by atoms with van der Waals surface area (Å²) in [7, 11) is -5.50. The first-order valence-corrected chi connectivity index (χ1v) is 63.6. The van der Waals surface area contributed by atoms with Crippen molar-refractivity contribution in [1.29, 1.82) is 0 Å². The molecule has 1 saturated carbocycles. The Bertz CT molecular complexity index is 5690. The summed E-state index contributed by atoms with van der Waals surface area (Å²) in [5, 5.41) is 6.20. The van der Waals surface area contributed by atoms with Crippen LogP contribution in [0.1, 0.15) is 149 Å². The summed E-state index contributed by atoms with van der Waals surface area (Å²) in [6, 6.07) is 118. The van der Waals surface area contributed by atoms with Crippen LogP contribution in [0, 0.1) is 82.1 Å². The van der Waals surface area contributed by atoms with E-state index in [1.54, 1.807) is 51.9 Å². The van der Waals surface area contributed by atoms with Crippen molar-refractivity contribution >= 4 is 53.0 Å². The fourth-order valence-corrected chi connectivity index (χ4v) is 25.5. The van der Waals surface area contributed by atoms with Gasteiger partial charge in [0.25, 0.3) is 0 Å². The largest absolute Gasteiger partial charge is 0.305 e. The maximum absolute atomic E-state index is 4.95. The van der Waals surface area contributed by atoms with E-state index in [1.807, 2.05) is 218 Å². The monoisotopic (exact) mass is 2640 g/mol. The minimum absolute atomic E-state index is 0. The van der Waals surface area contributed by atoms with Crippen molar-refractivity contribution in [2.24, 2.45) is 5.92 Å². The Labute approximate surface area is 906 Å². The molecule has 0 bridgehead atoms. The third-order valence-electron chi connectivity index (χ3n) is 24.2. The van der Waals surface area contributed by atoms with Gasteiger partial charge in [0.05, 0.1) is 32.3 Å². The van der Waals surface area contributed by atoms with E-state index in [-0.39, 0.29) is 80.4 Å². The Hall–Kier alpha value is -9.58. The second-order valence-electron chi connectivity index (χ2n) is 39.3. The quantitative estimate of drug-likeness (QED) is 0.0300. The van der Waals surface area contributed by atoms with Crippen LogP contribution in [0.25, 0.3) is 90.1 Å². The van der Waals surface area contributed by atoms with Gasteiger partial charge in [0.1, 0.15) is 0 Å². The molecule has 0 spiro atoms. The Morgan fingerprint density at radius 2 is 0.546 bits per heavy atom. The predicted molar refractivity (Wildman–Crippen MR) is 594 cm³/mol. The maximum Gasteiger partial charge on any atom is 0.0802 e. The fourth-order valence-electron chi connectivity index (χ4n) is 17.6. The van der Waals surface area contributed by atoms with Crippen LogP contribution in [-0.2, 0) is 106 Å². The van der Waals surface area contributed by atoms with E-state index < -0.39 is 32.3 Å². The van der Waals surface area contributed by atoms with Gasteiger partial charge in [-0.1, -0.05) is 258 Å². The predicted octanol–water partition coefficient (Wildman–Crippen LogP) is 30.7. The Morgan fingerprint density at radius 3 is 0.823 bits per heavy atom. The molecule has 8 heterocycles.